The lowest BCUT2D eigenvalue weighted by atomic mass is 9.97. The van der Waals surface area contributed by atoms with E-state index in [1.807, 2.05) is 18.4 Å². The summed E-state index contributed by atoms with van der Waals surface area (Å²) in [6, 6.07) is 0. The van der Waals surface area contributed by atoms with Crippen LogP contribution in [0.2, 0.25) is 0 Å². The zero-order valence-corrected chi connectivity index (χ0v) is 12.6. The molecule has 4 rings (SSSR count). The molecule has 2 aromatic heterocycles. The standard InChI is InChI=1S/C15H19N3OS/c1-16-14-12-9-5-2-3-7-11(9)20-15(12)18-13(17-14)10-6-4-8-19-10/h10H,2-8H2,1H3,(H,16,17,18). The van der Waals surface area contributed by atoms with Crippen molar-refractivity contribution in [1.82, 2.24) is 9.97 Å². The van der Waals surface area contributed by atoms with E-state index < -0.39 is 0 Å². The van der Waals surface area contributed by atoms with Gasteiger partial charge >= 0.3 is 0 Å². The van der Waals surface area contributed by atoms with Gasteiger partial charge < -0.3 is 10.1 Å². The maximum atomic E-state index is 5.74. The Morgan fingerprint density at radius 1 is 1.20 bits per heavy atom. The SMILES string of the molecule is CNc1nc(C2CCCO2)nc2sc3c(c12)CCCC3. The number of hydrogen-bond acceptors (Lipinski definition) is 5. The molecule has 1 saturated heterocycles. The molecule has 4 nitrogen and oxygen atoms in total. The van der Waals surface area contributed by atoms with E-state index in [9.17, 15) is 0 Å². The van der Waals surface area contributed by atoms with Crippen molar-refractivity contribution >= 4 is 27.4 Å². The van der Waals surface area contributed by atoms with E-state index in [0.717, 1.165) is 35.9 Å². The van der Waals surface area contributed by atoms with E-state index in [1.165, 1.54) is 41.5 Å². The first-order chi connectivity index (χ1) is 9.86. The predicted molar refractivity (Wildman–Crippen MR) is 81.5 cm³/mol. The van der Waals surface area contributed by atoms with Crippen molar-refractivity contribution in [2.24, 2.45) is 0 Å². The largest absolute Gasteiger partial charge is 0.372 e. The summed E-state index contributed by atoms with van der Waals surface area (Å²) < 4.78 is 5.74. The average Bonchev–Trinajstić information content (AvgIpc) is 3.13. The number of aryl methyl sites for hydroxylation is 2. The summed E-state index contributed by atoms with van der Waals surface area (Å²) in [5.74, 6) is 1.85. The van der Waals surface area contributed by atoms with Crippen LogP contribution in [0.4, 0.5) is 5.82 Å². The third-order valence-corrected chi connectivity index (χ3v) is 5.47. The second kappa shape index (κ2) is 4.97. The van der Waals surface area contributed by atoms with Gasteiger partial charge in [-0.15, -0.1) is 11.3 Å². The first kappa shape index (κ1) is 12.5. The molecule has 0 saturated carbocycles. The highest BCUT2D eigenvalue weighted by atomic mass is 32.1. The number of aromatic nitrogens is 2. The summed E-state index contributed by atoms with van der Waals surface area (Å²) in [4.78, 5) is 12.2. The molecule has 0 aromatic carbocycles. The number of hydrogen-bond donors (Lipinski definition) is 1. The van der Waals surface area contributed by atoms with E-state index in [1.54, 1.807) is 0 Å². The smallest absolute Gasteiger partial charge is 0.161 e. The van der Waals surface area contributed by atoms with Gasteiger partial charge in [0.15, 0.2) is 5.82 Å². The maximum absolute atomic E-state index is 5.74. The Morgan fingerprint density at radius 2 is 2.10 bits per heavy atom. The number of rotatable bonds is 2. The fraction of sp³-hybridized carbons (Fsp3) is 0.600. The molecule has 1 aliphatic heterocycles. The summed E-state index contributed by atoms with van der Waals surface area (Å²) in [6.07, 6.45) is 7.21. The molecule has 2 aliphatic rings. The van der Waals surface area contributed by atoms with E-state index in [2.05, 4.69) is 5.32 Å². The van der Waals surface area contributed by atoms with Crippen molar-refractivity contribution in [2.75, 3.05) is 19.0 Å². The van der Waals surface area contributed by atoms with Gasteiger partial charge in [0.25, 0.3) is 0 Å². The minimum Gasteiger partial charge on any atom is -0.372 e. The van der Waals surface area contributed by atoms with Crippen molar-refractivity contribution in [2.45, 2.75) is 44.6 Å². The van der Waals surface area contributed by atoms with E-state index in [-0.39, 0.29) is 6.10 Å². The van der Waals surface area contributed by atoms with Crippen LogP contribution in [-0.2, 0) is 17.6 Å². The zero-order valence-electron chi connectivity index (χ0n) is 11.7. The molecule has 5 heteroatoms. The number of anilines is 1. The lowest BCUT2D eigenvalue weighted by Gasteiger charge is -2.13. The summed E-state index contributed by atoms with van der Waals surface area (Å²) in [5, 5.41) is 4.53. The van der Waals surface area contributed by atoms with Crippen LogP contribution in [-0.4, -0.2) is 23.6 Å². The second-order valence-electron chi connectivity index (χ2n) is 5.57. The fourth-order valence-electron chi connectivity index (χ4n) is 3.28. The van der Waals surface area contributed by atoms with Crippen LogP contribution in [0.25, 0.3) is 10.2 Å². The van der Waals surface area contributed by atoms with Gasteiger partial charge in [-0.05, 0) is 44.1 Å². The number of nitrogens with one attached hydrogen (secondary N) is 1. The Morgan fingerprint density at radius 3 is 2.90 bits per heavy atom. The predicted octanol–water partition coefficient (Wildman–Crippen LogP) is 3.46. The summed E-state index contributed by atoms with van der Waals surface area (Å²) >= 11 is 1.86. The quantitative estimate of drug-likeness (QED) is 0.919. The van der Waals surface area contributed by atoms with Gasteiger partial charge in [0.05, 0.1) is 5.39 Å². The number of ether oxygens (including phenoxy) is 1. The molecule has 1 N–H and O–H groups in total. The van der Waals surface area contributed by atoms with Gasteiger partial charge in [-0.2, -0.15) is 0 Å². The molecule has 1 fully saturated rings. The van der Waals surface area contributed by atoms with Gasteiger partial charge in [0.2, 0.25) is 0 Å². The Kier molecular flexibility index (Phi) is 3.11. The topological polar surface area (TPSA) is 47.0 Å². The Labute approximate surface area is 122 Å². The van der Waals surface area contributed by atoms with Crippen LogP contribution >= 0.6 is 11.3 Å². The minimum atomic E-state index is 0.0885. The molecule has 0 spiro atoms. The summed E-state index contributed by atoms with van der Waals surface area (Å²) in [5.41, 5.74) is 1.49. The highest BCUT2D eigenvalue weighted by Gasteiger charge is 2.25. The van der Waals surface area contributed by atoms with Gasteiger partial charge in [-0.3, -0.25) is 0 Å². The van der Waals surface area contributed by atoms with Crippen molar-refractivity contribution in [3.8, 4) is 0 Å². The van der Waals surface area contributed by atoms with E-state index in [0.29, 0.717) is 0 Å². The molecule has 1 unspecified atom stereocenters. The third kappa shape index (κ3) is 1.91. The van der Waals surface area contributed by atoms with Crippen molar-refractivity contribution < 1.29 is 4.74 Å². The lowest BCUT2D eigenvalue weighted by Crippen LogP contribution is -2.06. The molecule has 0 amide bonds. The molecule has 3 heterocycles. The van der Waals surface area contributed by atoms with Crippen molar-refractivity contribution in [1.29, 1.82) is 0 Å². The Hall–Kier alpha value is -1.20. The summed E-state index contributed by atoms with van der Waals surface area (Å²) in [7, 11) is 1.95. The first-order valence-corrected chi connectivity index (χ1v) is 8.30. The highest BCUT2D eigenvalue weighted by Crippen LogP contribution is 2.39. The minimum absolute atomic E-state index is 0.0885. The molecule has 1 atom stereocenters. The molecule has 106 valence electrons. The van der Waals surface area contributed by atoms with Gasteiger partial charge in [-0.25, -0.2) is 9.97 Å². The molecule has 1 aliphatic carbocycles. The van der Waals surface area contributed by atoms with Gasteiger partial charge in [0.1, 0.15) is 16.8 Å². The Bertz CT molecular complexity index is 646. The molecule has 20 heavy (non-hydrogen) atoms. The van der Waals surface area contributed by atoms with Crippen LogP contribution in [0.5, 0.6) is 0 Å². The molecule has 2 aromatic rings. The molecule has 0 bridgehead atoms. The highest BCUT2D eigenvalue weighted by molar-refractivity contribution is 7.19. The summed E-state index contributed by atoms with van der Waals surface area (Å²) in [6.45, 7) is 0.835. The van der Waals surface area contributed by atoms with E-state index in [4.69, 9.17) is 14.7 Å². The number of nitrogens with zero attached hydrogens (tertiary/aromatic N) is 2. The van der Waals surface area contributed by atoms with E-state index >= 15 is 0 Å². The molecule has 0 radical (unpaired) electrons. The van der Waals surface area contributed by atoms with Crippen LogP contribution in [0, 0.1) is 0 Å². The number of thiophene rings is 1. The van der Waals surface area contributed by atoms with Crippen molar-refractivity contribution in [3.05, 3.63) is 16.3 Å². The monoisotopic (exact) mass is 289 g/mol. The fourth-order valence-corrected chi connectivity index (χ4v) is 4.55. The second-order valence-corrected chi connectivity index (χ2v) is 6.66. The Balaban J connectivity index is 1.89. The lowest BCUT2D eigenvalue weighted by molar-refractivity contribution is 0.105. The number of fused-ring (bicyclic) bond motifs is 3. The first-order valence-electron chi connectivity index (χ1n) is 7.48. The van der Waals surface area contributed by atoms with Crippen LogP contribution in [0.1, 0.15) is 48.1 Å². The molecular formula is C15H19N3OS. The third-order valence-electron chi connectivity index (χ3n) is 4.29. The van der Waals surface area contributed by atoms with Crippen LogP contribution < -0.4 is 5.32 Å². The molecular weight excluding hydrogens is 270 g/mol. The van der Waals surface area contributed by atoms with Crippen LogP contribution in [0.15, 0.2) is 0 Å². The normalized spacial score (nSPS) is 22.1. The maximum Gasteiger partial charge on any atom is 0.161 e. The zero-order chi connectivity index (χ0) is 13.5. The van der Waals surface area contributed by atoms with Crippen molar-refractivity contribution in [3.63, 3.8) is 0 Å². The average molecular weight is 289 g/mol. The van der Waals surface area contributed by atoms with Gasteiger partial charge in [-0.1, -0.05) is 0 Å². The van der Waals surface area contributed by atoms with Crippen LogP contribution in [0.3, 0.4) is 0 Å². The van der Waals surface area contributed by atoms with Gasteiger partial charge in [0, 0.05) is 18.5 Å².